The number of carbonyl (C=O) groups excluding carboxylic acids is 5. The third-order valence-corrected chi connectivity index (χ3v) is 9.06. The molecule has 2 heterocycles. The number of aliphatic hydroxyl groups is 1. The largest absolute Gasteiger partial charge is 0.461 e. The molecule has 4 rings (SSSR count). The van der Waals surface area contributed by atoms with Gasteiger partial charge in [-0.3, -0.25) is 19.2 Å². The Morgan fingerprint density at radius 3 is 2.10 bits per heavy atom. The molecule has 0 amide bonds. The summed E-state index contributed by atoms with van der Waals surface area (Å²) in [6.07, 6.45) is -3.75. The Labute approximate surface area is 244 Å². The monoisotopic (exact) mass is 592 g/mol. The third kappa shape index (κ3) is 4.92. The van der Waals surface area contributed by atoms with Crippen molar-refractivity contribution in [3.63, 3.8) is 0 Å². The van der Waals surface area contributed by atoms with E-state index in [0.29, 0.717) is 12.0 Å². The van der Waals surface area contributed by atoms with Crippen LogP contribution in [-0.2, 0) is 52.4 Å². The lowest BCUT2D eigenvalue weighted by Gasteiger charge is -2.54. The molecule has 0 radical (unpaired) electrons. The quantitative estimate of drug-likeness (QED) is 0.207. The predicted octanol–water partition coefficient (Wildman–Crippen LogP) is 2.24. The van der Waals surface area contributed by atoms with Gasteiger partial charge in [-0.05, 0) is 38.8 Å². The highest BCUT2D eigenvalue weighted by Gasteiger charge is 2.87. The van der Waals surface area contributed by atoms with E-state index >= 15 is 0 Å². The minimum Gasteiger partial charge on any atom is -0.461 e. The Bertz CT molecular complexity index is 1240. The van der Waals surface area contributed by atoms with Crippen LogP contribution in [0.15, 0.2) is 23.3 Å². The van der Waals surface area contributed by atoms with E-state index in [4.69, 9.17) is 28.4 Å². The summed E-state index contributed by atoms with van der Waals surface area (Å²) in [6, 6.07) is 0. The minimum atomic E-state index is -1.67. The first kappa shape index (κ1) is 31.7. The lowest BCUT2D eigenvalue weighted by Crippen LogP contribution is -2.65. The lowest BCUT2D eigenvalue weighted by molar-refractivity contribution is -0.218. The maximum atomic E-state index is 13.2. The molecule has 10 atom stereocenters. The number of aliphatic hydroxyl groups excluding tert-OH is 1. The Morgan fingerprint density at radius 2 is 1.55 bits per heavy atom. The SMILES string of the molecule is CCCC(=O)OC1C(C)=CC2OC(=O)C3(C)OC23C(OC(C)=O)C2C(C)=CCC(OC(C)=O)C2(C)C(OC(C)=O)C1O. The van der Waals surface area contributed by atoms with Gasteiger partial charge >= 0.3 is 29.8 Å². The highest BCUT2D eigenvalue weighted by molar-refractivity contribution is 5.89. The van der Waals surface area contributed by atoms with Crippen LogP contribution in [0.4, 0.5) is 0 Å². The van der Waals surface area contributed by atoms with Crippen molar-refractivity contribution in [3.8, 4) is 0 Å². The Morgan fingerprint density at radius 1 is 0.952 bits per heavy atom. The van der Waals surface area contributed by atoms with E-state index in [1.807, 2.05) is 6.08 Å². The maximum absolute atomic E-state index is 13.2. The first-order valence-corrected chi connectivity index (χ1v) is 14.2. The van der Waals surface area contributed by atoms with Gasteiger partial charge in [0.1, 0.15) is 24.4 Å². The number of hydrogen-bond acceptors (Lipinski definition) is 12. The van der Waals surface area contributed by atoms with E-state index in [2.05, 4.69) is 0 Å². The second-order valence-corrected chi connectivity index (χ2v) is 12.0. The molecule has 2 aliphatic heterocycles. The van der Waals surface area contributed by atoms with Gasteiger partial charge in [0, 0.05) is 39.5 Å². The van der Waals surface area contributed by atoms with E-state index in [1.54, 1.807) is 34.6 Å². The summed E-state index contributed by atoms with van der Waals surface area (Å²) >= 11 is 0. The van der Waals surface area contributed by atoms with Gasteiger partial charge in [-0.2, -0.15) is 0 Å². The highest BCUT2D eigenvalue weighted by Crippen LogP contribution is 2.65. The molecule has 0 aromatic rings. The van der Waals surface area contributed by atoms with Crippen LogP contribution in [-0.4, -0.2) is 82.8 Å². The van der Waals surface area contributed by atoms with Crippen molar-refractivity contribution >= 4 is 29.8 Å². The summed E-state index contributed by atoms with van der Waals surface area (Å²) < 4.78 is 35.3. The van der Waals surface area contributed by atoms with E-state index in [0.717, 1.165) is 0 Å². The molecule has 42 heavy (non-hydrogen) atoms. The number of epoxide rings is 1. The average Bonchev–Trinajstić information content (AvgIpc) is 3.47. The van der Waals surface area contributed by atoms with Crippen molar-refractivity contribution in [3.05, 3.63) is 23.3 Å². The number of esters is 5. The molecule has 12 nitrogen and oxygen atoms in total. The van der Waals surface area contributed by atoms with Gasteiger partial charge in [0.2, 0.25) is 0 Å². The van der Waals surface area contributed by atoms with Crippen LogP contribution in [0.3, 0.4) is 0 Å². The second-order valence-electron chi connectivity index (χ2n) is 12.0. The zero-order valence-corrected chi connectivity index (χ0v) is 25.3. The number of hydrogen-bond donors (Lipinski definition) is 1. The van der Waals surface area contributed by atoms with Crippen LogP contribution in [0.25, 0.3) is 0 Å². The summed E-state index contributed by atoms with van der Waals surface area (Å²) in [5.41, 5.74) is -3.59. The van der Waals surface area contributed by atoms with Gasteiger partial charge in [0.25, 0.3) is 0 Å². The molecule has 2 saturated heterocycles. The topological polar surface area (TPSA) is 164 Å². The fourth-order valence-corrected chi connectivity index (χ4v) is 7.13. The minimum absolute atomic E-state index is 0.0601. The zero-order chi connectivity index (χ0) is 31.4. The van der Waals surface area contributed by atoms with E-state index < -0.39 is 89.0 Å². The number of fused-ring (bicyclic) bond motifs is 1. The Kier molecular flexibility index (Phi) is 8.38. The smallest absolute Gasteiger partial charge is 0.342 e. The first-order chi connectivity index (χ1) is 19.5. The van der Waals surface area contributed by atoms with Crippen LogP contribution in [0.1, 0.15) is 74.7 Å². The predicted molar refractivity (Wildman–Crippen MR) is 143 cm³/mol. The van der Waals surface area contributed by atoms with E-state index in [9.17, 15) is 29.1 Å². The van der Waals surface area contributed by atoms with E-state index in [-0.39, 0.29) is 18.4 Å². The Hall–Kier alpha value is -3.25. The molecule has 232 valence electrons. The van der Waals surface area contributed by atoms with Gasteiger partial charge < -0.3 is 33.5 Å². The van der Waals surface area contributed by atoms with Crippen LogP contribution in [0.2, 0.25) is 0 Å². The highest BCUT2D eigenvalue weighted by atomic mass is 16.7. The number of ether oxygens (including phenoxy) is 6. The molecule has 0 saturated carbocycles. The summed E-state index contributed by atoms with van der Waals surface area (Å²) in [6.45, 7) is 12.0. The molecule has 0 bridgehead atoms. The van der Waals surface area contributed by atoms with E-state index in [1.165, 1.54) is 26.8 Å². The maximum Gasteiger partial charge on any atom is 0.342 e. The van der Waals surface area contributed by atoms with Crippen molar-refractivity contribution in [2.45, 2.75) is 122 Å². The summed E-state index contributed by atoms with van der Waals surface area (Å²) in [4.78, 5) is 63.6. The van der Waals surface area contributed by atoms with Gasteiger partial charge in [0.05, 0.1) is 5.41 Å². The molecular formula is C30H40O12. The molecule has 12 heteroatoms. The van der Waals surface area contributed by atoms with Crippen molar-refractivity contribution in [2.24, 2.45) is 11.3 Å². The first-order valence-electron chi connectivity index (χ1n) is 14.2. The van der Waals surface area contributed by atoms with Crippen molar-refractivity contribution < 1.29 is 57.5 Å². The molecule has 2 fully saturated rings. The van der Waals surface area contributed by atoms with Crippen molar-refractivity contribution in [1.29, 1.82) is 0 Å². The number of carbonyl (C=O) groups is 5. The zero-order valence-electron chi connectivity index (χ0n) is 25.3. The second kappa shape index (κ2) is 11.1. The molecule has 1 N–H and O–H groups in total. The van der Waals surface area contributed by atoms with Crippen LogP contribution in [0.5, 0.6) is 0 Å². The molecule has 0 aromatic carbocycles. The van der Waals surface area contributed by atoms with Gasteiger partial charge in [-0.1, -0.05) is 25.5 Å². The number of rotatable bonds is 6. The van der Waals surface area contributed by atoms with Gasteiger partial charge in [-0.15, -0.1) is 0 Å². The fraction of sp³-hybridized carbons (Fsp3) is 0.700. The normalized spacial score (nSPS) is 40.5. The molecule has 4 aliphatic rings. The summed E-state index contributed by atoms with van der Waals surface area (Å²) in [7, 11) is 0. The molecule has 2 aliphatic carbocycles. The van der Waals surface area contributed by atoms with Crippen molar-refractivity contribution in [2.75, 3.05) is 0 Å². The summed E-state index contributed by atoms with van der Waals surface area (Å²) in [5, 5.41) is 12.0. The van der Waals surface area contributed by atoms with Gasteiger partial charge in [-0.25, -0.2) is 4.79 Å². The fourth-order valence-electron chi connectivity index (χ4n) is 7.13. The van der Waals surface area contributed by atoms with Gasteiger partial charge in [0.15, 0.2) is 23.4 Å². The average molecular weight is 593 g/mol. The van der Waals surface area contributed by atoms with Crippen LogP contribution < -0.4 is 0 Å². The molecular weight excluding hydrogens is 552 g/mol. The molecule has 1 spiro atoms. The molecule has 0 aromatic heterocycles. The third-order valence-electron chi connectivity index (χ3n) is 9.06. The Balaban J connectivity index is 2.06. The van der Waals surface area contributed by atoms with Crippen molar-refractivity contribution in [1.82, 2.24) is 0 Å². The standard InChI is InChI=1S/C30H40O12/c1-9-10-21(34)41-24-15(3)13-20-30(29(8,42-30)27(36)40-20)25(38-17(5)32)22-14(2)11-12-19(37-16(4)31)28(22,7)26(23(24)35)39-18(6)33/h11,13,19-20,22-26,35H,9-10,12H2,1-8H3. The molecule has 10 unspecified atom stereocenters. The lowest BCUT2D eigenvalue weighted by atomic mass is 9.56. The summed E-state index contributed by atoms with van der Waals surface area (Å²) in [5.74, 6) is -4.28. The van der Waals surface area contributed by atoms with Crippen LogP contribution in [0, 0.1) is 11.3 Å². The van der Waals surface area contributed by atoms with Crippen LogP contribution >= 0.6 is 0 Å².